The van der Waals surface area contributed by atoms with E-state index in [4.69, 9.17) is 0 Å². The topological polar surface area (TPSA) is 57.6 Å². The molecule has 0 radical (unpaired) electrons. The molecule has 1 fully saturated rings. The zero-order valence-electron chi connectivity index (χ0n) is 21.8. The lowest BCUT2D eigenvalue weighted by Crippen LogP contribution is -2.48. The Bertz CT molecular complexity index is 1250. The Morgan fingerprint density at radius 3 is 2.25 bits per heavy atom. The minimum Gasteiger partial charge on any atom is -0.369 e. The van der Waals surface area contributed by atoms with Crippen molar-refractivity contribution in [3.63, 3.8) is 0 Å². The van der Waals surface area contributed by atoms with E-state index in [0.29, 0.717) is 5.56 Å². The fourth-order valence-electron chi connectivity index (χ4n) is 4.77. The number of rotatable bonds is 6. The first-order valence-electron chi connectivity index (χ1n) is 12.4. The maximum Gasteiger partial charge on any atom is 0.298 e. The Balaban J connectivity index is 1.46. The monoisotopic (exact) mass is 490 g/mol. The summed E-state index contributed by atoms with van der Waals surface area (Å²) in [5, 5.41) is 2.48. The number of piperazine rings is 1. The van der Waals surface area contributed by atoms with Crippen molar-refractivity contribution in [1.29, 1.82) is 0 Å². The highest BCUT2D eigenvalue weighted by atomic mass is 19.1. The molecule has 1 aromatic heterocycles. The molecule has 0 aliphatic carbocycles. The molecule has 1 aliphatic heterocycles. The summed E-state index contributed by atoms with van der Waals surface area (Å²) in [6.45, 7) is 13.1. The number of benzene rings is 2. The molecule has 4 rings (SSSR count). The van der Waals surface area contributed by atoms with Gasteiger partial charge in [0.15, 0.2) is 0 Å². The van der Waals surface area contributed by atoms with Crippen LogP contribution in [0.2, 0.25) is 0 Å². The molecular formula is C29H35FN4O2. The Kier molecular flexibility index (Phi) is 7.31. The second-order valence-electron chi connectivity index (χ2n) is 10.7. The molecule has 0 atom stereocenters. The van der Waals surface area contributed by atoms with Gasteiger partial charge in [-0.05, 0) is 42.2 Å². The number of carbonyl (C=O) groups excluding carboxylic acids is 2. The molecule has 0 saturated carbocycles. The number of Topliss-reactive ketones (excluding diaryl/α,β-unsaturated/α-hetero) is 1. The van der Waals surface area contributed by atoms with E-state index in [1.54, 1.807) is 17.7 Å². The van der Waals surface area contributed by atoms with Gasteiger partial charge < -0.3 is 14.8 Å². The lowest BCUT2D eigenvalue weighted by molar-refractivity contribution is -0.112. The van der Waals surface area contributed by atoms with Crippen molar-refractivity contribution in [2.45, 2.75) is 27.7 Å². The molecule has 1 aliphatic rings. The van der Waals surface area contributed by atoms with Gasteiger partial charge >= 0.3 is 0 Å². The van der Waals surface area contributed by atoms with E-state index in [9.17, 15) is 14.0 Å². The molecule has 1 N–H and O–H groups in total. The molecule has 7 heteroatoms. The first-order chi connectivity index (χ1) is 17.0. The van der Waals surface area contributed by atoms with Crippen LogP contribution < -0.4 is 10.2 Å². The van der Waals surface area contributed by atoms with Crippen LogP contribution in [0.25, 0.3) is 11.1 Å². The smallest absolute Gasteiger partial charge is 0.298 e. The van der Waals surface area contributed by atoms with Crippen LogP contribution in [-0.2, 0) is 11.8 Å². The standard InChI is InChI=1S/C29H35FN4O2/c1-20-17-23(21-9-7-6-8-10-21)26(32(20)5)27(35)28(36)31-25-12-11-22(18-24(25)30)34-15-13-33(14-16-34)19-29(2,3)4/h6-12,17-18H,13-16,19H2,1-5H3,(H,31,36). The van der Waals surface area contributed by atoms with Gasteiger partial charge in [-0.25, -0.2) is 4.39 Å². The zero-order chi connectivity index (χ0) is 26.0. The van der Waals surface area contributed by atoms with Crippen molar-refractivity contribution in [3.8, 4) is 11.1 Å². The van der Waals surface area contributed by atoms with Gasteiger partial charge in [-0.3, -0.25) is 14.5 Å². The van der Waals surface area contributed by atoms with E-state index in [1.807, 2.05) is 43.3 Å². The molecule has 0 spiro atoms. The summed E-state index contributed by atoms with van der Waals surface area (Å²) >= 11 is 0. The number of nitrogens with zero attached hydrogens (tertiary/aromatic N) is 3. The van der Waals surface area contributed by atoms with Crippen molar-refractivity contribution in [2.24, 2.45) is 12.5 Å². The summed E-state index contributed by atoms with van der Waals surface area (Å²) in [6, 6.07) is 16.1. The van der Waals surface area contributed by atoms with E-state index >= 15 is 0 Å². The summed E-state index contributed by atoms with van der Waals surface area (Å²) < 4.78 is 16.7. The van der Waals surface area contributed by atoms with Crippen LogP contribution in [0.4, 0.5) is 15.8 Å². The predicted octanol–water partition coefficient (Wildman–Crippen LogP) is 5.13. The van der Waals surface area contributed by atoms with Crippen molar-refractivity contribution >= 4 is 23.1 Å². The van der Waals surface area contributed by atoms with E-state index < -0.39 is 17.5 Å². The Labute approximate surface area is 212 Å². The number of anilines is 2. The number of nitrogens with one attached hydrogen (secondary N) is 1. The first-order valence-corrected chi connectivity index (χ1v) is 12.4. The van der Waals surface area contributed by atoms with Gasteiger partial charge in [0.05, 0.1) is 5.69 Å². The molecular weight excluding hydrogens is 455 g/mol. The number of carbonyl (C=O) groups is 2. The van der Waals surface area contributed by atoms with E-state index in [-0.39, 0.29) is 16.8 Å². The number of aromatic nitrogens is 1. The van der Waals surface area contributed by atoms with Crippen LogP contribution in [0.3, 0.4) is 0 Å². The second kappa shape index (κ2) is 10.3. The van der Waals surface area contributed by atoms with Crippen molar-refractivity contribution < 1.29 is 14.0 Å². The van der Waals surface area contributed by atoms with Crippen LogP contribution in [-0.4, -0.2) is 53.9 Å². The normalized spacial score (nSPS) is 14.7. The van der Waals surface area contributed by atoms with Gasteiger partial charge in [-0.15, -0.1) is 0 Å². The number of hydrogen-bond acceptors (Lipinski definition) is 4. The van der Waals surface area contributed by atoms with Gasteiger partial charge in [0.25, 0.3) is 11.7 Å². The molecule has 0 bridgehead atoms. The summed E-state index contributed by atoms with van der Waals surface area (Å²) in [5.41, 5.74) is 3.66. The van der Waals surface area contributed by atoms with Gasteiger partial charge in [-0.2, -0.15) is 0 Å². The second-order valence-corrected chi connectivity index (χ2v) is 10.7. The zero-order valence-corrected chi connectivity index (χ0v) is 21.8. The molecule has 1 saturated heterocycles. The minimum absolute atomic E-state index is 0.00402. The van der Waals surface area contributed by atoms with Gasteiger partial charge in [0.2, 0.25) is 0 Å². The third kappa shape index (κ3) is 5.68. The van der Waals surface area contributed by atoms with Crippen molar-refractivity contribution in [1.82, 2.24) is 9.47 Å². The van der Waals surface area contributed by atoms with Crippen molar-refractivity contribution in [3.05, 3.63) is 71.8 Å². The maximum atomic E-state index is 15.0. The largest absolute Gasteiger partial charge is 0.369 e. The van der Waals surface area contributed by atoms with Gasteiger partial charge in [0, 0.05) is 56.7 Å². The SMILES string of the molecule is Cc1cc(-c2ccccc2)c(C(=O)C(=O)Nc2ccc(N3CCN(CC(C)(C)C)CC3)cc2F)n1C. The summed E-state index contributed by atoms with van der Waals surface area (Å²) in [7, 11) is 1.75. The Morgan fingerprint density at radius 1 is 0.972 bits per heavy atom. The molecule has 3 aromatic rings. The number of halogens is 1. The number of ketones is 1. The molecule has 190 valence electrons. The predicted molar refractivity (Wildman–Crippen MR) is 143 cm³/mol. The maximum absolute atomic E-state index is 15.0. The van der Waals surface area contributed by atoms with Crippen LogP contribution >= 0.6 is 0 Å². The highest BCUT2D eigenvalue weighted by Crippen LogP contribution is 2.28. The molecule has 36 heavy (non-hydrogen) atoms. The van der Waals surface area contributed by atoms with E-state index in [0.717, 1.165) is 49.7 Å². The van der Waals surface area contributed by atoms with Gasteiger partial charge in [-0.1, -0.05) is 51.1 Å². The molecule has 6 nitrogen and oxygen atoms in total. The van der Waals surface area contributed by atoms with Crippen molar-refractivity contribution in [2.75, 3.05) is 42.9 Å². The Morgan fingerprint density at radius 2 is 1.64 bits per heavy atom. The molecule has 1 amide bonds. The van der Waals surface area contributed by atoms with E-state index in [1.165, 1.54) is 12.1 Å². The number of amides is 1. The average molecular weight is 491 g/mol. The van der Waals surface area contributed by atoms with E-state index in [2.05, 4.69) is 35.9 Å². The minimum atomic E-state index is -0.865. The molecule has 2 aromatic carbocycles. The molecule has 0 unspecified atom stereocenters. The summed E-state index contributed by atoms with van der Waals surface area (Å²) in [4.78, 5) is 30.6. The van der Waals surface area contributed by atoms with Crippen LogP contribution in [0.5, 0.6) is 0 Å². The third-order valence-electron chi connectivity index (χ3n) is 6.62. The lowest BCUT2D eigenvalue weighted by atomic mass is 9.96. The average Bonchev–Trinajstić information content (AvgIpc) is 3.14. The number of aryl methyl sites for hydroxylation is 1. The highest BCUT2D eigenvalue weighted by molar-refractivity contribution is 6.47. The highest BCUT2D eigenvalue weighted by Gasteiger charge is 2.26. The fraction of sp³-hybridized carbons (Fsp3) is 0.379. The van der Waals surface area contributed by atoms with Crippen LogP contribution in [0, 0.1) is 18.2 Å². The quantitative estimate of drug-likeness (QED) is 0.385. The van der Waals surface area contributed by atoms with Gasteiger partial charge in [0.1, 0.15) is 11.5 Å². The summed E-state index contributed by atoms with van der Waals surface area (Å²) in [5.74, 6) is -2.13. The van der Waals surface area contributed by atoms with Crippen LogP contribution in [0.15, 0.2) is 54.6 Å². The third-order valence-corrected chi connectivity index (χ3v) is 6.62. The fourth-order valence-corrected chi connectivity index (χ4v) is 4.77. The summed E-state index contributed by atoms with van der Waals surface area (Å²) in [6.07, 6.45) is 0. The molecule has 2 heterocycles. The number of hydrogen-bond donors (Lipinski definition) is 1. The lowest BCUT2D eigenvalue weighted by Gasteiger charge is -2.38. The van der Waals surface area contributed by atoms with Crippen LogP contribution in [0.1, 0.15) is 37.0 Å². The first kappa shape index (κ1) is 25.6. The Hall–Kier alpha value is -3.45.